The standard InChI is InChI=1S/C21H30N4O/c1-14-20(15(2)25(4)23-14)21-18(8-10-26-21)13-22-12-16-5-6-19-17(11-16)7-9-24(19)3/h5-6,11,18,21-22H,7-10,12-13H2,1-4H3/t18-,21+/m1/s1. The molecule has 2 aliphatic rings. The Morgan fingerprint density at radius 3 is 2.88 bits per heavy atom. The van der Waals surface area contributed by atoms with Gasteiger partial charge in [0, 0.05) is 63.2 Å². The zero-order chi connectivity index (χ0) is 18.3. The van der Waals surface area contributed by atoms with E-state index in [0.29, 0.717) is 5.92 Å². The van der Waals surface area contributed by atoms with Crippen LogP contribution in [0, 0.1) is 19.8 Å². The molecule has 0 radical (unpaired) electrons. The molecule has 0 unspecified atom stereocenters. The van der Waals surface area contributed by atoms with Crippen molar-refractivity contribution in [2.45, 2.75) is 39.3 Å². The first-order chi connectivity index (χ1) is 12.5. The Kier molecular flexibility index (Phi) is 4.76. The fraction of sp³-hybridized carbons (Fsp3) is 0.571. The van der Waals surface area contributed by atoms with Gasteiger partial charge in [0.25, 0.3) is 0 Å². The molecular formula is C21H30N4O. The van der Waals surface area contributed by atoms with Crippen LogP contribution in [0.4, 0.5) is 5.69 Å². The number of nitrogens with one attached hydrogen (secondary N) is 1. The van der Waals surface area contributed by atoms with Gasteiger partial charge in [-0.3, -0.25) is 4.68 Å². The Morgan fingerprint density at radius 1 is 1.27 bits per heavy atom. The van der Waals surface area contributed by atoms with Gasteiger partial charge in [-0.2, -0.15) is 5.10 Å². The quantitative estimate of drug-likeness (QED) is 0.897. The summed E-state index contributed by atoms with van der Waals surface area (Å²) >= 11 is 0. The van der Waals surface area contributed by atoms with Crippen molar-refractivity contribution in [2.24, 2.45) is 13.0 Å². The van der Waals surface area contributed by atoms with Crippen molar-refractivity contribution in [1.29, 1.82) is 0 Å². The number of aryl methyl sites for hydroxylation is 2. The van der Waals surface area contributed by atoms with Crippen LogP contribution >= 0.6 is 0 Å². The summed E-state index contributed by atoms with van der Waals surface area (Å²) in [5, 5.41) is 8.24. The van der Waals surface area contributed by atoms with Crippen molar-refractivity contribution < 1.29 is 4.74 Å². The highest BCUT2D eigenvalue weighted by Crippen LogP contribution is 2.37. The summed E-state index contributed by atoms with van der Waals surface area (Å²) in [6.45, 7) is 8.12. The van der Waals surface area contributed by atoms with Crippen molar-refractivity contribution in [3.8, 4) is 0 Å². The Balaban J connectivity index is 1.38. The lowest BCUT2D eigenvalue weighted by Gasteiger charge is -2.20. The maximum absolute atomic E-state index is 6.10. The smallest absolute Gasteiger partial charge is 0.0901 e. The molecule has 4 rings (SSSR count). The molecule has 0 saturated carbocycles. The molecule has 26 heavy (non-hydrogen) atoms. The Hall–Kier alpha value is -1.85. The number of benzene rings is 1. The first-order valence-electron chi connectivity index (χ1n) is 9.70. The Bertz CT molecular complexity index is 798. The van der Waals surface area contributed by atoms with E-state index in [1.807, 2.05) is 11.7 Å². The van der Waals surface area contributed by atoms with Crippen LogP contribution in [-0.4, -0.2) is 36.5 Å². The van der Waals surface area contributed by atoms with Gasteiger partial charge in [0.1, 0.15) is 0 Å². The predicted octanol–water partition coefficient (Wildman–Crippen LogP) is 2.90. The van der Waals surface area contributed by atoms with E-state index in [1.165, 1.54) is 28.1 Å². The number of hydrogen-bond donors (Lipinski definition) is 1. The van der Waals surface area contributed by atoms with Gasteiger partial charge in [-0.1, -0.05) is 12.1 Å². The van der Waals surface area contributed by atoms with Gasteiger partial charge in [0.15, 0.2) is 0 Å². The van der Waals surface area contributed by atoms with Crippen LogP contribution in [0.25, 0.3) is 0 Å². The number of hydrogen-bond acceptors (Lipinski definition) is 4. The lowest BCUT2D eigenvalue weighted by atomic mass is 9.94. The molecule has 0 amide bonds. The normalized spacial score (nSPS) is 22.2. The summed E-state index contributed by atoms with van der Waals surface area (Å²) in [6, 6.07) is 6.89. The summed E-state index contributed by atoms with van der Waals surface area (Å²) in [6.07, 6.45) is 2.45. The maximum Gasteiger partial charge on any atom is 0.0901 e. The lowest BCUT2D eigenvalue weighted by molar-refractivity contribution is 0.0893. The molecule has 1 aromatic carbocycles. The van der Waals surface area contributed by atoms with E-state index >= 15 is 0 Å². The number of rotatable bonds is 5. The van der Waals surface area contributed by atoms with E-state index in [-0.39, 0.29) is 6.10 Å². The van der Waals surface area contributed by atoms with Crippen molar-refractivity contribution in [3.05, 3.63) is 46.3 Å². The first kappa shape index (κ1) is 17.6. The highest BCUT2D eigenvalue weighted by molar-refractivity contribution is 5.58. The van der Waals surface area contributed by atoms with Gasteiger partial charge in [0.05, 0.1) is 11.8 Å². The molecule has 5 heteroatoms. The molecule has 1 N–H and O–H groups in total. The molecule has 0 bridgehead atoms. The summed E-state index contributed by atoms with van der Waals surface area (Å²) in [5.41, 5.74) is 7.86. The highest BCUT2D eigenvalue weighted by atomic mass is 16.5. The molecule has 5 nitrogen and oxygen atoms in total. The second-order valence-corrected chi connectivity index (χ2v) is 7.81. The average Bonchev–Trinajstić information content (AvgIpc) is 3.28. The maximum atomic E-state index is 6.10. The second kappa shape index (κ2) is 7.05. The lowest BCUT2D eigenvalue weighted by Crippen LogP contribution is -2.25. The van der Waals surface area contributed by atoms with Gasteiger partial charge in [-0.15, -0.1) is 0 Å². The minimum Gasteiger partial charge on any atom is -0.374 e. The monoisotopic (exact) mass is 354 g/mol. The van der Waals surface area contributed by atoms with E-state index < -0.39 is 0 Å². The fourth-order valence-corrected chi connectivity index (χ4v) is 4.50. The van der Waals surface area contributed by atoms with Gasteiger partial charge < -0.3 is 15.0 Å². The molecule has 2 aromatic rings. The first-order valence-corrected chi connectivity index (χ1v) is 9.70. The fourth-order valence-electron chi connectivity index (χ4n) is 4.50. The second-order valence-electron chi connectivity index (χ2n) is 7.81. The topological polar surface area (TPSA) is 42.3 Å². The van der Waals surface area contributed by atoms with Gasteiger partial charge >= 0.3 is 0 Å². The number of fused-ring (bicyclic) bond motifs is 1. The van der Waals surface area contributed by atoms with Gasteiger partial charge in [-0.25, -0.2) is 0 Å². The predicted molar refractivity (Wildman–Crippen MR) is 105 cm³/mol. The summed E-state index contributed by atoms with van der Waals surface area (Å²) in [4.78, 5) is 2.34. The number of anilines is 1. The Morgan fingerprint density at radius 2 is 2.12 bits per heavy atom. The summed E-state index contributed by atoms with van der Waals surface area (Å²) in [7, 11) is 4.19. The zero-order valence-electron chi connectivity index (χ0n) is 16.4. The minimum absolute atomic E-state index is 0.171. The summed E-state index contributed by atoms with van der Waals surface area (Å²) < 4.78 is 8.07. The van der Waals surface area contributed by atoms with Crippen molar-refractivity contribution >= 4 is 5.69 Å². The van der Waals surface area contributed by atoms with Crippen LogP contribution in [0.5, 0.6) is 0 Å². The number of nitrogens with zero attached hydrogens (tertiary/aromatic N) is 3. The molecular weight excluding hydrogens is 324 g/mol. The van der Waals surface area contributed by atoms with Crippen molar-refractivity contribution in [3.63, 3.8) is 0 Å². The van der Waals surface area contributed by atoms with E-state index in [9.17, 15) is 0 Å². The van der Waals surface area contributed by atoms with Crippen molar-refractivity contribution in [2.75, 3.05) is 31.6 Å². The van der Waals surface area contributed by atoms with Crippen LogP contribution in [0.15, 0.2) is 18.2 Å². The van der Waals surface area contributed by atoms with Gasteiger partial charge in [-0.05, 0) is 43.9 Å². The van der Waals surface area contributed by atoms with E-state index in [1.54, 1.807) is 0 Å². The molecule has 1 saturated heterocycles. The number of aromatic nitrogens is 2. The van der Waals surface area contributed by atoms with E-state index in [2.05, 4.69) is 54.4 Å². The van der Waals surface area contributed by atoms with Crippen LogP contribution in [0.1, 0.15) is 40.6 Å². The van der Waals surface area contributed by atoms with Crippen LogP contribution in [0.3, 0.4) is 0 Å². The minimum atomic E-state index is 0.171. The zero-order valence-corrected chi connectivity index (χ0v) is 16.4. The Labute approximate surface area is 156 Å². The van der Waals surface area contributed by atoms with Crippen molar-refractivity contribution in [1.82, 2.24) is 15.1 Å². The third-order valence-electron chi connectivity index (χ3n) is 6.07. The third kappa shape index (κ3) is 3.14. The number of ether oxygens (including phenoxy) is 1. The molecule has 2 atom stereocenters. The SMILES string of the molecule is Cc1nn(C)c(C)c1[C@H]1OCC[C@@H]1CNCc1ccc2c(c1)CCN2C. The third-order valence-corrected chi connectivity index (χ3v) is 6.07. The molecule has 1 aromatic heterocycles. The molecule has 0 spiro atoms. The molecule has 3 heterocycles. The van der Waals surface area contributed by atoms with Crippen LogP contribution in [-0.2, 0) is 24.8 Å². The average molecular weight is 354 g/mol. The largest absolute Gasteiger partial charge is 0.374 e. The number of likely N-dealkylation sites (N-methyl/N-ethyl adjacent to an activating group) is 1. The highest BCUT2D eigenvalue weighted by Gasteiger charge is 2.33. The molecule has 0 aliphatic carbocycles. The van der Waals surface area contributed by atoms with E-state index in [0.717, 1.165) is 44.8 Å². The summed E-state index contributed by atoms with van der Waals surface area (Å²) in [5.74, 6) is 0.511. The molecule has 2 aliphatic heterocycles. The van der Waals surface area contributed by atoms with Gasteiger partial charge in [0.2, 0.25) is 0 Å². The molecule has 1 fully saturated rings. The molecule has 140 valence electrons. The van der Waals surface area contributed by atoms with Crippen LogP contribution < -0.4 is 10.2 Å². The van der Waals surface area contributed by atoms with E-state index in [4.69, 9.17) is 4.74 Å². The van der Waals surface area contributed by atoms with Crippen LogP contribution in [0.2, 0.25) is 0 Å².